The van der Waals surface area contributed by atoms with Crippen molar-refractivity contribution in [2.75, 3.05) is 13.7 Å². The van der Waals surface area contributed by atoms with Crippen LogP contribution in [0.1, 0.15) is 19.4 Å². The number of ether oxygens (including phenoxy) is 2. The molecule has 1 rings (SSSR count). The van der Waals surface area contributed by atoms with E-state index >= 15 is 0 Å². The summed E-state index contributed by atoms with van der Waals surface area (Å²) < 4.78 is 10.5. The largest absolute Gasteiger partial charge is 0.497 e. The number of carbonyl (C=O) groups excluding carboxylic acids is 1. The number of benzene rings is 1. The number of carboxylic acids is 1. The Morgan fingerprint density at radius 1 is 1.38 bits per heavy atom. The molecule has 1 aromatic rings. The third kappa shape index (κ3) is 5.99. The Morgan fingerprint density at radius 2 is 2.10 bits per heavy atom. The maximum absolute atomic E-state index is 11.6. The number of methoxy groups -OCH3 is 1. The Kier molecular flexibility index (Phi) is 6.26. The van der Waals surface area contributed by atoms with E-state index in [4.69, 9.17) is 14.6 Å². The normalized spacial score (nSPS) is 10.7. The molecule has 0 aliphatic carbocycles. The quantitative estimate of drug-likeness (QED) is 0.747. The van der Waals surface area contributed by atoms with E-state index in [1.165, 1.54) is 13.2 Å². The smallest absolute Gasteiger partial charge is 0.328 e. The van der Waals surface area contributed by atoms with E-state index in [-0.39, 0.29) is 18.6 Å². The highest BCUT2D eigenvalue weighted by Crippen LogP contribution is 2.26. The van der Waals surface area contributed by atoms with Crippen LogP contribution in [0.25, 0.3) is 6.08 Å². The molecule has 1 aromatic carbocycles. The zero-order chi connectivity index (χ0) is 15.8. The average molecular weight is 293 g/mol. The maximum atomic E-state index is 11.6. The first kappa shape index (κ1) is 16.6. The van der Waals surface area contributed by atoms with Crippen molar-refractivity contribution in [1.82, 2.24) is 5.32 Å². The van der Waals surface area contributed by atoms with Crippen LogP contribution in [0, 0.1) is 0 Å². The molecular formula is C15H19NO5. The van der Waals surface area contributed by atoms with Crippen LogP contribution in [0.4, 0.5) is 0 Å². The first-order valence-corrected chi connectivity index (χ1v) is 6.43. The molecule has 0 aliphatic rings. The number of aliphatic carboxylic acids is 1. The summed E-state index contributed by atoms with van der Waals surface area (Å²) in [5, 5.41) is 11.4. The van der Waals surface area contributed by atoms with Gasteiger partial charge in [-0.15, -0.1) is 0 Å². The zero-order valence-electron chi connectivity index (χ0n) is 12.3. The number of carboxylic acid groups (broad SMARTS) is 1. The summed E-state index contributed by atoms with van der Waals surface area (Å²) in [5.41, 5.74) is 0.551. The number of rotatable bonds is 7. The zero-order valence-corrected chi connectivity index (χ0v) is 12.3. The molecule has 0 aromatic heterocycles. The highest BCUT2D eigenvalue weighted by atomic mass is 16.5. The SMILES string of the molecule is COc1ccc(C=CC(=O)O)c(OCC(=O)NC(C)C)c1. The van der Waals surface area contributed by atoms with Gasteiger partial charge in [-0.1, -0.05) is 0 Å². The molecule has 6 nitrogen and oxygen atoms in total. The van der Waals surface area contributed by atoms with Crippen LogP contribution in [0.3, 0.4) is 0 Å². The summed E-state index contributed by atoms with van der Waals surface area (Å²) in [6, 6.07) is 4.97. The number of nitrogens with one attached hydrogen (secondary N) is 1. The fourth-order valence-electron chi connectivity index (χ4n) is 1.57. The highest BCUT2D eigenvalue weighted by molar-refractivity contribution is 5.86. The van der Waals surface area contributed by atoms with Crippen molar-refractivity contribution in [3.63, 3.8) is 0 Å². The van der Waals surface area contributed by atoms with Gasteiger partial charge >= 0.3 is 5.97 Å². The first-order chi connectivity index (χ1) is 9.92. The lowest BCUT2D eigenvalue weighted by Gasteiger charge is -2.12. The van der Waals surface area contributed by atoms with Crippen molar-refractivity contribution in [1.29, 1.82) is 0 Å². The molecule has 0 radical (unpaired) electrons. The summed E-state index contributed by atoms with van der Waals surface area (Å²) in [6.45, 7) is 3.55. The van der Waals surface area contributed by atoms with Gasteiger partial charge in [-0.3, -0.25) is 4.79 Å². The van der Waals surface area contributed by atoms with Crippen molar-refractivity contribution >= 4 is 18.0 Å². The van der Waals surface area contributed by atoms with E-state index in [0.29, 0.717) is 17.1 Å². The van der Waals surface area contributed by atoms with Crippen LogP contribution in [0.15, 0.2) is 24.3 Å². The molecule has 0 atom stereocenters. The second kappa shape index (κ2) is 7.94. The molecule has 1 amide bonds. The van der Waals surface area contributed by atoms with Crippen LogP contribution in [-0.4, -0.2) is 36.7 Å². The molecule has 0 spiro atoms. The minimum atomic E-state index is -1.06. The van der Waals surface area contributed by atoms with Crippen LogP contribution in [0.5, 0.6) is 11.5 Å². The van der Waals surface area contributed by atoms with Gasteiger partial charge in [-0.2, -0.15) is 0 Å². The Labute approximate surface area is 123 Å². The monoisotopic (exact) mass is 293 g/mol. The average Bonchev–Trinajstić information content (AvgIpc) is 2.42. The Hall–Kier alpha value is -2.50. The lowest BCUT2D eigenvalue weighted by atomic mass is 10.1. The summed E-state index contributed by atoms with van der Waals surface area (Å²) >= 11 is 0. The number of carbonyl (C=O) groups is 2. The van der Waals surface area contributed by atoms with E-state index in [9.17, 15) is 9.59 Å². The van der Waals surface area contributed by atoms with Gasteiger partial charge in [-0.05, 0) is 32.1 Å². The molecule has 0 saturated carbocycles. The summed E-state index contributed by atoms with van der Waals surface area (Å²) in [7, 11) is 1.51. The number of hydrogen-bond donors (Lipinski definition) is 2. The predicted octanol–water partition coefficient (Wildman–Crippen LogP) is 1.70. The Balaban J connectivity index is 2.86. The van der Waals surface area contributed by atoms with Crippen LogP contribution in [0.2, 0.25) is 0 Å². The molecule has 114 valence electrons. The van der Waals surface area contributed by atoms with Crippen molar-refractivity contribution in [2.45, 2.75) is 19.9 Å². The molecule has 0 unspecified atom stereocenters. The van der Waals surface area contributed by atoms with Gasteiger partial charge in [-0.25, -0.2) is 4.79 Å². The summed E-state index contributed by atoms with van der Waals surface area (Å²) in [6.07, 6.45) is 2.40. The topological polar surface area (TPSA) is 84.9 Å². The van der Waals surface area contributed by atoms with Crippen molar-refractivity contribution in [2.24, 2.45) is 0 Å². The van der Waals surface area contributed by atoms with Crippen molar-refractivity contribution < 1.29 is 24.2 Å². The molecule has 0 heterocycles. The number of hydrogen-bond acceptors (Lipinski definition) is 4. The first-order valence-electron chi connectivity index (χ1n) is 6.43. The molecule has 0 fully saturated rings. The lowest BCUT2D eigenvalue weighted by molar-refractivity contribution is -0.131. The fourth-order valence-corrected chi connectivity index (χ4v) is 1.57. The Morgan fingerprint density at radius 3 is 2.67 bits per heavy atom. The van der Waals surface area contributed by atoms with E-state index in [2.05, 4.69) is 5.32 Å². The maximum Gasteiger partial charge on any atom is 0.328 e. The number of amides is 1. The van der Waals surface area contributed by atoms with Crippen LogP contribution < -0.4 is 14.8 Å². The van der Waals surface area contributed by atoms with Gasteiger partial charge in [0.15, 0.2) is 6.61 Å². The van der Waals surface area contributed by atoms with Gasteiger partial charge in [0.2, 0.25) is 0 Å². The second-order valence-electron chi connectivity index (χ2n) is 4.59. The van der Waals surface area contributed by atoms with Crippen LogP contribution >= 0.6 is 0 Å². The van der Waals surface area contributed by atoms with Gasteiger partial charge < -0.3 is 19.9 Å². The van der Waals surface area contributed by atoms with E-state index in [0.717, 1.165) is 6.08 Å². The van der Waals surface area contributed by atoms with Gasteiger partial charge in [0.05, 0.1) is 7.11 Å². The molecule has 0 aliphatic heterocycles. The standard InChI is InChI=1S/C15H19NO5/c1-10(2)16-14(17)9-21-13-8-12(20-3)6-4-11(13)5-7-15(18)19/h4-8,10H,9H2,1-3H3,(H,16,17)(H,18,19). The third-order valence-corrected chi connectivity index (χ3v) is 2.43. The Bertz CT molecular complexity index is 537. The van der Waals surface area contributed by atoms with Gasteiger partial charge in [0.25, 0.3) is 5.91 Å². The molecule has 0 bridgehead atoms. The third-order valence-electron chi connectivity index (χ3n) is 2.43. The van der Waals surface area contributed by atoms with E-state index in [1.807, 2.05) is 13.8 Å². The lowest BCUT2D eigenvalue weighted by Crippen LogP contribution is -2.34. The fraction of sp³-hybridized carbons (Fsp3) is 0.333. The summed E-state index contributed by atoms with van der Waals surface area (Å²) in [5.74, 6) is -0.372. The van der Waals surface area contributed by atoms with E-state index < -0.39 is 5.97 Å². The molecule has 0 saturated heterocycles. The minimum Gasteiger partial charge on any atom is -0.497 e. The van der Waals surface area contributed by atoms with Crippen molar-refractivity contribution in [3.05, 3.63) is 29.8 Å². The summed E-state index contributed by atoms with van der Waals surface area (Å²) in [4.78, 5) is 22.2. The van der Waals surface area contributed by atoms with Gasteiger partial charge in [0, 0.05) is 23.7 Å². The predicted molar refractivity (Wildman–Crippen MR) is 78.4 cm³/mol. The van der Waals surface area contributed by atoms with E-state index in [1.54, 1.807) is 18.2 Å². The minimum absolute atomic E-state index is 0.0257. The second-order valence-corrected chi connectivity index (χ2v) is 4.59. The molecule has 2 N–H and O–H groups in total. The highest BCUT2D eigenvalue weighted by Gasteiger charge is 2.08. The molecule has 21 heavy (non-hydrogen) atoms. The van der Waals surface area contributed by atoms with Crippen LogP contribution in [-0.2, 0) is 9.59 Å². The van der Waals surface area contributed by atoms with Gasteiger partial charge in [0.1, 0.15) is 11.5 Å². The molecule has 6 heteroatoms. The van der Waals surface area contributed by atoms with Crippen molar-refractivity contribution in [3.8, 4) is 11.5 Å². The molecular weight excluding hydrogens is 274 g/mol.